The number of aliphatic hydroxyl groups excluding tert-OH is 1. The molecule has 0 radical (unpaired) electrons. The molecular formula is C21H30IN3O2. The fourth-order valence-electron chi connectivity index (χ4n) is 2.59. The second-order valence-electron chi connectivity index (χ2n) is 6.20. The molecule has 148 valence electrons. The number of halogens is 1. The molecule has 2 unspecified atom stereocenters. The zero-order valence-corrected chi connectivity index (χ0v) is 18.5. The SMILES string of the molecule is CCNC(=NCC(C)c1ccccc1)NCC(O)c1ccc(OC)cc1.I. The second-order valence-corrected chi connectivity index (χ2v) is 6.20. The first-order valence-electron chi connectivity index (χ1n) is 9.03. The Balaban J connectivity index is 0.00000364. The van der Waals surface area contributed by atoms with Crippen molar-refractivity contribution < 1.29 is 9.84 Å². The molecule has 6 heteroatoms. The highest BCUT2D eigenvalue weighted by molar-refractivity contribution is 14.0. The highest BCUT2D eigenvalue weighted by atomic mass is 127. The first-order valence-corrected chi connectivity index (χ1v) is 9.03. The van der Waals surface area contributed by atoms with Gasteiger partial charge in [0.15, 0.2) is 5.96 Å². The van der Waals surface area contributed by atoms with Gasteiger partial charge in [-0.2, -0.15) is 0 Å². The van der Waals surface area contributed by atoms with E-state index in [-0.39, 0.29) is 24.0 Å². The molecule has 0 amide bonds. The first kappa shape index (κ1) is 23.2. The number of nitrogens with zero attached hydrogens (tertiary/aromatic N) is 1. The fraction of sp³-hybridized carbons (Fsp3) is 0.381. The van der Waals surface area contributed by atoms with E-state index in [9.17, 15) is 5.11 Å². The Bertz CT molecular complexity index is 678. The van der Waals surface area contributed by atoms with Gasteiger partial charge in [-0.15, -0.1) is 24.0 Å². The van der Waals surface area contributed by atoms with Crippen LogP contribution in [0.1, 0.15) is 37.0 Å². The summed E-state index contributed by atoms with van der Waals surface area (Å²) in [5.74, 6) is 1.82. The number of benzene rings is 2. The molecule has 0 bridgehead atoms. The zero-order valence-electron chi connectivity index (χ0n) is 16.2. The predicted molar refractivity (Wildman–Crippen MR) is 122 cm³/mol. The molecule has 0 aliphatic rings. The summed E-state index contributed by atoms with van der Waals surface area (Å²) in [4.78, 5) is 4.65. The minimum Gasteiger partial charge on any atom is -0.497 e. The largest absolute Gasteiger partial charge is 0.497 e. The zero-order chi connectivity index (χ0) is 18.8. The molecule has 0 aliphatic carbocycles. The molecule has 2 aromatic rings. The molecule has 2 aromatic carbocycles. The molecule has 0 saturated carbocycles. The lowest BCUT2D eigenvalue weighted by Gasteiger charge is -2.17. The third-order valence-corrected chi connectivity index (χ3v) is 4.20. The molecule has 0 heterocycles. The maximum absolute atomic E-state index is 10.4. The van der Waals surface area contributed by atoms with Crippen LogP contribution in [0.15, 0.2) is 59.6 Å². The third-order valence-electron chi connectivity index (χ3n) is 4.20. The maximum Gasteiger partial charge on any atom is 0.191 e. The number of hydrogen-bond acceptors (Lipinski definition) is 3. The summed E-state index contributed by atoms with van der Waals surface area (Å²) in [5.41, 5.74) is 2.11. The van der Waals surface area contributed by atoms with Gasteiger partial charge in [0.25, 0.3) is 0 Å². The van der Waals surface area contributed by atoms with Crippen molar-refractivity contribution in [1.29, 1.82) is 0 Å². The standard InChI is InChI=1S/C21H29N3O2.HI/c1-4-22-21(23-14-16(2)17-8-6-5-7-9-17)24-15-20(25)18-10-12-19(26-3)13-11-18;/h5-13,16,20,25H,4,14-15H2,1-3H3,(H2,22,23,24);1H. The highest BCUT2D eigenvalue weighted by Gasteiger charge is 2.09. The average Bonchev–Trinajstić information content (AvgIpc) is 2.70. The summed E-state index contributed by atoms with van der Waals surface area (Å²) in [6.07, 6.45) is -0.615. The van der Waals surface area contributed by atoms with Crippen LogP contribution >= 0.6 is 24.0 Å². The average molecular weight is 483 g/mol. The number of rotatable bonds is 8. The Morgan fingerprint density at radius 1 is 1.04 bits per heavy atom. The van der Waals surface area contributed by atoms with Crippen molar-refractivity contribution in [1.82, 2.24) is 10.6 Å². The molecule has 0 saturated heterocycles. The summed E-state index contributed by atoms with van der Waals surface area (Å²) in [5, 5.41) is 16.8. The van der Waals surface area contributed by atoms with Crippen LogP contribution in [0.25, 0.3) is 0 Å². The van der Waals surface area contributed by atoms with Gasteiger partial charge in [0, 0.05) is 25.6 Å². The van der Waals surface area contributed by atoms with Crippen molar-refractivity contribution in [2.24, 2.45) is 4.99 Å². The van der Waals surface area contributed by atoms with E-state index >= 15 is 0 Å². The van der Waals surface area contributed by atoms with E-state index in [0.717, 1.165) is 17.9 Å². The van der Waals surface area contributed by atoms with Gasteiger partial charge in [0.1, 0.15) is 5.75 Å². The van der Waals surface area contributed by atoms with Crippen LogP contribution in [-0.2, 0) is 0 Å². The topological polar surface area (TPSA) is 65.9 Å². The first-order chi connectivity index (χ1) is 12.6. The smallest absolute Gasteiger partial charge is 0.191 e. The minimum absolute atomic E-state index is 0. The summed E-state index contributed by atoms with van der Waals surface area (Å²) in [6.45, 7) is 6.02. The molecule has 2 atom stereocenters. The van der Waals surface area contributed by atoms with Crippen molar-refractivity contribution in [3.05, 3.63) is 65.7 Å². The van der Waals surface area contributed by atoms with E-state index in [4.69, 9.17) is 4.74 Å². The minimum atomic E-state index is -0.615. The van der Waals surface area contributed by atoms with Crippen molar-refractivity contribution in [3.8, 4) is 5.75 Å². The van der Waals surface area contributed by atoms with Crippen LogP contribution in [0.5, 0.6) is 5.75 Å². The molecule has 0 aliphatic heterocycles. The second kappa shape index (κ2) is 12.6. The predicted octanol–water partition coefficient (Wildman–Crippen LogP) is 3.71. The Hall–Kier alpha value is -1.80. The quantitative estimate of drug-likeness (QED) is 0.305. The van der Waals surface area contributed by atoms with Crippen LogP contribution in [0, 0.1) is 0 Å². The van der Waals surface area contributed by atoms with Gasteiger partial charge < -0.3 is 20.5 Å². The van der Waals surface area contributed by atoms with Crippen LogP contribution in [0.2, 0.25) is 0 Å². The number of methoxy groups -OCH3 is 1. The van der Waals surface area contributed by atoms with Gasteiger partial charge in [-0.3, -0.25) is 4.99 Å². The van der Waals surface area contributed by atoms with Crippen LogP contribution in [0.3, 0.4) is 0 Å². The van der Waals surface area contributed by atoms with E-state index in [0.29, 0.717) is 25.0 Å². The van der Waals surface area contributed by atoms with Gasteiger partial charge in [0.05, 0.1) is 13.2 Å². The number of aliphatic hydroxyl groups is 1. The van der Waals surface area contributed by atoms with Gasteiger partial charge >= 0.3 is 0 Å². The number of guanidine groups is 1. The van der Waals surface area contributed by atoms with Gasteiger partial charge in [-0.05, 0) is 30.2 Å². The number of nitrogens with one attached hydrogen (secondary N) is 2. The number of ether oxygens (including phenoxy) is 1. The molecule has 3 N–H and O–H groups in total. The Kier molecular flexibility index (Phi) is 10.8. The maximum atomic E-state index is 10.4. The van der Waals surface area contributed by atoms with Crippen molar-refractivity contribution in [2.45, 2.75) is 25.9 Å². The lowest BCUT2D eigenvalue weighted by molar-refractivity contribution is 0.180. The van der Waals surface area contributed by atoms with E-state index < -0.39 is 6.10 Å². The van der Waals surface area contributed by atoms with E-state index in [1.165, 1.54) is 5.56 Å². The van der Waals surface area contributed by atoms with Crippen LogP contribution in [0.4, 0.5) is 0 Å². The molecule has 5 nitrogen and oxygen atoms in total. The lowest BCUT2D eigenvalue weighted by atomic mass is 10.0. The molecule has 2 rings (SSSR count). The van der Waals surface area contributed by atoms with E-state index in [2.05, 4.69) is 34.7 Å². The number of aliphatic imine (C=N–C) groups is 1. The van der Waals surface area contributed by atoms with Crippen molar-refractivity contribution >= 4 is 29.9 Å². The molecule has 0 fully saturated rings. The summed E-state index contributed by atoms with van der Waals surface area (Å²) in [7, 11) is 1.63. The third kappa shape index (κ3) is 7.76. The highest BCUT2D eigenvalue weighted by Crippen LogP contribution is 2.17. The Morgan fingerprint density at radius 2 is 1.70 bits per heavy atom. The van der Waals surface area contributed by atoms with E-state index in [1.807, 2.05) is 49.4 Å². The van der Waals surface area contributed by atoms with Gasteiger partial charge in [-0.1, -0.05) is 49.4 Å². The summed E-state index contributed by atoms with van der Waals surface area (Å²) < 4.78 is 5.14. The Morgan fingerprint density at radius 3 is 2.30 bits per heavy atom. The van der Waals surface area contributed by atoms with Crippen LogP contribution in [-0.4, -0.2) is 37.8 Å². The number of hydrogen-bond donors (Lipinski definition) is 3. The van der Waals surface area contributed by atoms with Crippen LogP contribution < -0.4 is 15.4 Å². The molecular weight excluding hydrogens is 453 g/mol. The lowest BCUT2D eigenvalue weighted by Crippen LogP contribution is -2.39. The van der Waals surface area contributed by atoms with Gasteiger partial charge in [0.2, 0.25) is 0 Å². The fourth-order valence-corrected chi connectivity index (χ4v) is 2.59. The summed E-state index contributed by atoms with van der Waals surface area (Å²) in [6, 6.07) is 17.8. The van der Waals surface area contributed by atoms with E-state index in [1.54, 1.807) is 7.11 Å². The Labute approximate surface area is 179 Å². The molecule has 0 aromatic heterocycles. The molecule has 27 heavy (non-hydrogen) atoms. The normalized spacial score (nSPS) is 13.3. The monoisotopic (exact) mass is 483 g/mol. The van der Waals surface area contributed by atoms with Gasteiger partial charge in [-0.25, -0.2) is 0 Å². The molecule has 0 spiro atoms. The van der Waals surface area contributed by atoms with Crippen molar-refractivity contribution in [3.63, 3.8) is 0 Å². The summed E-state index contributed by atoms with van der Waals surface area (Å²) >= 11 is 0. The van der Waals surface area contributed by atoms with Crippen molar-refractivity contribution in [2.75, 3.05) is 26.7 Å².